The third-order valence-corrected chi connectivity index (χ3v) is 10.4. The summed E-state index contributed by atoms with van der Waals surface area (Å²) < 4.78 is 4.88. The third-order valence-electron chi connectivity index (χ3n) is 10.4. The quantitative estimate of drug-likeness (QED) is 0.103. The molecule has 0 aliphatic carbocycles. The molecule has 12 heteroatoms. The molecule has 3 aromatic heterocycles. The predicted molar refractivity (Wildman–Crippen MR) is 201 cm³/mol. The maximum absolute atomic E-state index is 14.0. The number of benzene rings is 3. The maximum Gasteiger partial charge on any atom is 0.354 e. The number of anilines is 3. The van der Waals surface area contributed by atoms with E-state index in [0.29, 0.717) is 43.0 Å². The van der Waals surface area contributed by atoms with E-state index in [2.05, 4.69) is 15.0 Å². The van der Waals surface area contributed by atoms with Gasteiger partial charge in [0, 0.05) is 71.3 Å². The number of hydrogen-bond donors (Lipinski definition) is 3. The summed E-state index contributed by atoms with van der Waals surface area (Å²) in [5.41, 5.74) is 9.95. The summed E-state index contributed by atoms with van der Waals surface area (Å²) in [5, 5.41) is 4.77. The minimum atomic E-state index is -0.429. The molecular weight excluding hydrogens is 658 g/mol. The number of ether oxygens (including phenoxy) is 1. The van der Waals surface area contributed by atoms with Gasteiger partial charge >= 0.3 is 5.97 Å². The Labute approximate surface area is 298 Å². The van der Waals surface area contributed by atoms with Gasteiger partial charge in [-0.1, -0.05) is 0 Å². The fourth-order valence-electron chi connectivity index (χ4n) is 7.96. The van der Waals surface area contributed by atoms with Crippen molar-refractivity contribution in [3.05, 3.63) is 113 Å². The number of fused-ring (bicyclic) bond motifs is 9. The van der Waals surface area contributed by atoms with Crippen LogP contribution in [0.15, 0.2) is 79.2 Å². The number of carbonyl (C=O) groups is 3. The van der Waals surface area contributed by atoms with Crippen molar-refractivity contribution in [2.24, 2.45) is 0 Å². The molecule has 3 aromatic carbocycles. The smallest absolute Gasteiger partial charge is 0.354 e. The summed E-state index contributed by atoms with van der Waals surface area (Å²) in [6, 6.07) is 17.5. The van der Waals surface area contributed by atoms with Gasteiger partial charge in [0.05, 0.1) is 19.3 Å². The number of H-pyrrole nitrogens is 3. The van der Waals surface area contributed by atoms with Crippen molar-refractivity contribution in [1.82, 2.24) is 19.9 Å². The number of rotatable bonds is 7. The van der Waals surface area contributed by atoms with Gasteiger partial charge in [-0.15, -0.1) is 0 Å². The minimum Gasteiger partial charge on any atom is -0.464 e. The first-order chi connectivity index (χ1) is 25.3. The van der Waals surface area contributed by atoms with Crippen LogP contribution in [-0.2, 0) is 28.8 Å². The van der Waals surface area contributed by atoms with E-state index in [1.165, 1.54) is 7.11 Å². The Balaban J connectivity index is 0.955. The largest absolute Gasteiger partial charge is 0.464 e. The van der Waals surface area contributed by atoms with Crippen LogP contribution in [0.3, 0.4) is 0 Å². The first-order valence-electron chi connectivity index (χ1n) is 17.4. The van der Waals surface area contributed by atoms with E-state index in [-0.39, 0.29) is 11.8 Å². The zero-order valence-corrected chi connectivity index (χ0v) is 29.1. The van der Waals surface area contributed by atoms with E-state index in [1.807, 2.05) is 95.8 Å². The van der Waals surface area contributed by atoms with Crippen LogP contribution in [0.5, 0.6) is 0 Å². The number of amides is 2. The number of aromatic nitrogens is 3. The van der Waals surface area contributed by atoms with Gasteiger partial charge in [-0.05, 0) is 109 Å². The van der Waals surface area contributed by atoms with Gasteiger partial charge in [-0.3, -0.25) is 9.59 Å². The molecule has 6 heterocycles. The Morgan fingerprint density at radius 3 is 1.67 bits per heavy atom. The van der Waals surface area contributed by atoms with Crippen LogP contribution in [0.2, 0.25) is 0 Å². The van der Waals surface area contributed by atoms with Crippen molar-refractivity contribution >= 4 is 67.6 Å². The third kappa shape index (κ3) is 5.01. The molecule has 0 unspecified atom stereocenters. The lowest BCUT2D eigenvalue weighted by atomic mass is 10.1. The number of allylic oxidation sites excluding steroid dienone is 2. The molecule has 6 aromatic rings. The van der Waals surface area contributed by atoms with E-state index in [4.69, 9.17) is 9.57 Å². The van der Waals surface area contributed by atoms with Gasteiger partial charge in [0.2, 0.25) is 0 Å². The molecule has 262 valence electrons. The van der Waals surface area contributed by atoms with E-state index < -0.39 is 5.97 Å². The summed E-state index contributed by atoms with van der Waals surface area (Å²) in [5.74, 6) is -0.636. The van der Waals surface area contributed by atoms with Gasteiger partial charge in [-0.25, -0.2) is 9.86 Å². The average Bonchev–Trinajstić information content (AvgIpc) is 3.99. The zero-order valence-electron chi connectivity index (χ0n) is 29.1. The van der Waals surface area contributed by atoms with Crippen molar-refractivity contribution < 1.29 is 24.0 Å². The van der Waals surface area contributed by atoms with Crippen LogP contribution in [0, 0.1) is 0 Å². The number of hydroxylamine groups is 1. The molecule has 0 bridgehead atoms. The van der Waals surface area contributed by atoms with Crippen molar-refractivity contribution in [3.63, 3.8) is 0 Å². The molecule has 12 nitrogen and oxygen atoms in total. The second-order valence-corrected chi connectivity index (χ2v) is 13.6. The zero-order chi connectivity index (χ0) is 35.7. The molecule has 3 aliphatic heterocycles. The second kappa shape index (κ2) is 12.1. The number of hydrogen-bond acceptors (Lipinski definition) is 7. The number of nitrogens with zero attached hydrogens (tertiary/aromatic N) is 4. The highest BCUT2D eigenvalue weighted by Crippen LogP contribution is 2.40. The number of nitrogens with one attached hydrogen (secondary N) is 3. The van der Waals surface area contributed by atoms with E-state index in [9.17, 15) is 14.4 Å². The molecular formula is C40H37N7O5. The Hall–Kier alpha value is -6.43. The summed E-state index contributed by atoms with van der Waals surface area (Å²) in [6.07, 6.45) is 9.57. The van der Waals surface area contributed by atoms with Gasteiger partial charge < -0.3 is 39.2 Å². The topological polar surface area (TPSA) is 130 Å². The fraction of sp³-hybridized carbons (Fsp3) is 0.225. The SMILES string of the molecule is COC(=O)c1cc2c3c(ccc2[nH]1)N(C(=O)c1cc2c4c(ccc2[nH]1)N(C(=O)c1cc2c5c(ccc2[nH]1)N(OC=CC=CN(C)C)CC5)CC4)CC3. The summed E-state index contributed by atoms with van der Waals surface area (Å²) in [6.45, 7) is 1.80. The van der Waals surface area contributed by atoms with Crippen LogP contribution in [0.25, 0.3) is 32.7 Å². The predicted octanol–water partition coefficient (Wildman–Crippen LogP) is 6.21. The minimum absolute atomic E-state index is 0.0864. The highest BCUT2D eigenvalue weighted by Gasteiger charge is 2.32. The Morgan fingerprint density at radius 2 is 1.13 bits per heavy atom. The number of aromatic amines is 3. The monoisotopic (exact) mass is 695 g/mol. The van der Waals surface area contributed by atoms with Crippen LogP contribution in [-0.4, -0.2) is 78.5 Å². The molecule has 0 saturated heterocycles. The Morgan fingerprint density at radius 1 is 0.654 bits per heavy atom. The van der Waals surface area contributed by atoms with Crippen molar-refractivity contribution in [2.75, 3.05) is 55.7 Å². The first-order valence-corrected chi connectivity index (χ1v) is 17.4. The Bertz CT molecular complexity index is 2520. The lowest BCUT2D eigenvalue weighted by Crippen LogP contribution is -2.29. The van der Waals surface area contributed by atoms with Crippen LogP contribution < -0.4 is 14.9 Å². The molecule has 0 fully saturated rings. The Kier molecular flexibility index (Phi) is 7.35. The molecule has 3 N–H and O–H groups in total. The van der Waals surface area contributed by atoms with E-state index in [1.54, 1.807) is 17.2 Å². The molecule has 2 amide bonds. The standard InChI is InChI=1S/C40H37N7O5/c1-44(2)15-4-5-19-52-47-18-14-25-27-21-33(42-30(27)8-11-37(25)47)39(49)45-16-12-23-26-20-32(41-29(26)6-9-35(23)45)38(48)46-17-13-24-28-22-34(40(50)51-3)43-31(28)7-10-36(24)46/h4-11,15,19-22,41-43H,12-14,16-18H2,1-3H3. The molecule has 52 heavy (non-hydrogen) atoms. The molecule has 0 spiro atoms. The van der Waals surface area contributed by atoms with Crippen molar-refractivity contribution in [3.8, 4) is 0 Å². The normalized spacial score (nSPS) is 15.1. The first kappa shape index (κ1) is 31.5. The van der Waals surface area contributed by atoms with Gasteiger partial charge in [0.1, 0.15) is 23.3 Å². The molecule has 0 atom stereocenters. The van der Waals surface area contributed by atoms with Crippen LogP contribution in [0.4, 0.5) is 17.1 Å². The number of esters is 1. The molecule has 0 saturated carbocycles. The molecule has 9 rings (SSSR count). The highest BCUT2D eigenvalue weighted by atomic mass is 16.7. The van der Waals surface area contributed by atoms with Crippen LogP contribution >= 0.6 is 0 Å². The fourth-order valence-corrected chi connectivity index (χ4v) is 7.96. The second-order valence-electron chi connectivity index (χ2n) is 13.6. The maximum atomic E-state index is 14.0. The summed E-state index contributed by atoms with van der Waals surface area (Å²) >= 11 is 0. The van der Waals surface area contributed by atoms with E-state index in [0.717, 1.165) is 79.4 Å². The average molecular weight is 696 g/mol. The molecule has 0 radical (unpaired) electrons. The van der Waals surface area contributed by atoms with Gasteiger partial charge in [0.15, 0.2) is 0 Å². The van der Waals surface area contributed by atoms with Gasteiger partial charge in [-0.2, -0.15) is 0 Å². The number of carbonyl (C=O) groups excluding carboxylic acids is 3. The van der Waals surface area contributed by atoms with Crippen molar-refractivity contribution in [2.45, 2.75) is 19.3 Å². The lowest BCUT2D eigenvalue weighted by molar-refractivity contribution is 0.0595. The summed E-state index contributed by atoms with van der Waals surface area (Å²) in [4.78, 5) is 61.4. The molecule has 3 aliphatic rings. The van der Waals surface area contributed by atoms with Gasteiger partial charge in [0.25, 0.3) is 11.8 Å². The number of methoxy groups -OCH3 is 1. The highest BCUT2D eigenvalue weighted by molar-refractivity contribution is 6.13. The van der Waals surface area contributed by atoms with Crippen molar-refractivity contribution in [1.29, 1.82) is 0 Å². The van der Waals surface area contributed by atoms with Crippen LogP contribution in [0.1, 0.15) is 48.2 Å². The summed E-state index contributed by atoms with van der Waals surface area (Å²) in [7, 11) is 5.29. The van der Waals surface area contributed by atoms with E-state index >= 15 is 0 Å². The lowest BCUT2D eigenvalue weighted by Gasteiger charge is -2.16.